The van der Waals surface area contributed by atoms with Crippen molar-refractivity contribution in [1.29, 1.82) is 0 Å². The smallest absolute Gasteiger partial charge is 0.297 e. The van der Waals surface area contributed by atoms with Gasteiger partial charge in [-0.05, 0) is 30.5 Å². The van der Waals surface area contributed by atoms with Gasteiger partial charge >= 0.3 is 0 Å². The summed E-state index contributed by atoms with van der Waals surface area (Å²) < 4.78 is 0. The first-order valence-corrected chi connectivity index (χ1v) is 6.94. The molecule has 0 fully saturated rings. The lowest BCUT2D eigenvalue weighted by molar-refractivity contribution is 0.0983. The quantitative estimate of drug-likeness (QED) is 0.910. The second-order valence-electron chi connectivity index (χ2n) is 4.74. The Hall–Kier alpha value is -2.17. The van der Waals surface area contributed by atoms with E-state index in [4.69, 9.17) is 0 Å². The van der Waals surface area contributed by atoms with E-state index in [2.05, 4.69) is 29.0 Å². The number of carbonyl (C=O) groups is 1. The summed E-state index contributed by atoms with van der Waals surface area (Å²) >= 11 is 0. The number of amides is 1. The number of nitrogens with zero attached hydrogens (tertiary/aromatic N) is 3. The summed E-state index contributed by atoms with van der Waals surface area (Å²) in [5, 5.41) is 6.79. The number of rotatable bonds is 5. The summed E-state index contributed by atoms with van der Waals surface area (Å²) in [4.78, 5) is 18.1. The van der Waals surface area contributed by atoms with Crippen molar-refractivity contribution in [2.45, 2.75) is 33.1 Å². The molecule has 0 bridgehead atoms. The number of aromatic amines is 1. The van der Waals surface area contributed by atoms with Crippen LogP contribution in [0.1, 0.15) is 42.3 Å². The molecule has 20 heavy (non-hydrogen) atoms. The van der Waals surface area contributed by atoms with Crippen molar-refractivity contribution in [3.05, 3.63) is 41.5 Å². The highest BCUT2D eigenvalue weighted by atomic mass is 16.2. The predicted molar refractivity (Wildman–Crippen MR) is 78.9 cm³/mol. The zero-order valence-corrected chi connectivity index (χ0v) is 12.2. The lowest BCUT2D eigenvalue weighted by Gasteiger charge is -2.15. The molecule has 2 aromatic rings. The monoisotopic (exact) mass is 272 g/mol. The third-order valence-corrected chi connectivity index (χ3v) is 3.25. The lowest BCUT2D eigenvalue weighted by Crippen LogP contribution is -2.27. The van der Waals surface area contributed by atoms with Gasteiger partial charge in [-0.25, -0.2) is 4.98 Å². The second kappa shape index (κ2) is 6.32. The number of H-pyrrole nitrogens is 1. The normalized spacial score (nSPS) is 10.6. The molecule has 1 N–H and O–H groups in total. The van der Waals surface area contributed by atoms with Crippen LogP contribution < -0.4 is 4.90 Å². The van der Waals surface area contributed by atoms with Gasteiger partial charge < -0.3 is 4.90 Å². The predicted octanol–water partition coefficient (Wildman–Crippen LogP) is 2.60. The molecule has 5 nitrogen and oxygen atoms in total. The minimum atomic E-state index is -0.201. The molecule has 1 aromatic carbocycles. The highest BCUT2D eigenvalue weighted by molar-refractivity contribution is 6.03. The van der Waals surface area contributed by atoms with Crippen LogP contribution in [0.2, 0.25) is 0 Å². The first-order valence-electron chi connectivity index (χ1n) is 6.94. The molecule has 0 spiro atoms. The topological polar surface area (TPSA) is 61.9 Å². The first-order chi connectivity index (χ1) is 9.65. The molecule has 0 unspecified atom stereocenters. The number of aromatic nitrogens is 3. The molecule has 0 saturated heterocycles. The van der Waals surface area contributed by atoms with Crippen LogP contribution in [0.15, 0.2) is 24.3 Å². The molecule has 0 radical (unpaired) electrons. The Balaban J connectivity index is 2.13. The van der Waals surface area contributed by atoms with E-state index in [1.54, 1.807) is 11.9 Å². The summed E-state index contributed by atoms with van der Waals surface area (Å²) in [5.41, 5.74) is 2.09. The number of anilines is 1. The molecular weight excluding hydrogens is 252 g/mol. The fourth-order valence-electron chi connectivity index (χ4n) is 1.96. The average Bonchev–Trinajstić information content (AvgIpc) is 2.95. The third kappa shape index (κ3) is 3.04. The van der Waals surface area contributed by atoms with Gasteiger partial charge in [0.2, 0.25) is 5.82 Å². The molecular formula is C15H20N4O. The Morgan fingerprint density at radius 2 is 1.95 bits per heavy atom. The van der Waals surface area contributed by atoms with Crippen LogP contribution in [0, 0.1) is 0 Å². The van der Waals surface area contributed by atoms with Gasteiger partial charge in [-0.3, -0.25) is 9.89 Å². The van der Waals surface area contributed by atoms with Crippen molar-refractivity contribution in [2.24, 2.45) is 0 Å². The molecule has 0 aliphatic carbocycles. The third-order valence-electron chi connectivity index (χ3n) is 3.25. The van der Waals surface area contributed by atoms with Crippen molar-refractivity contribution in [2.75, 3.05) is 11.9 Å². The number of nitrogens with one attached hydrogen (secondary N) is 1. The fourth-order valence-corrected chi connectivity index (χ4v) is 1.96. The van der Waals surface area contributed by atoms with E-state index in [1.165, 1.54) is 5.56 Å². The van der Waals surface area contributed by atoms with Crippen LogP contribution in [0.25, 0.3) is 0 Å². The second-order valence-corrected chi connectivity index (χ2v) is 4.74. The lowest BCUT2D eigenvalue weighted by atomic mass is 10.1. The number of hydrogen-bond acceptors (Lipinski definition) is 3. The van der Waals surface area contributed by atoms with Crippen LogP contribution in [-0.2, 0) is 12.8 Å². The summed E-state index contributed by atoms with van der Waals surface area (Å²) in [6, 6.07) is 7.94. The van der Waals surface area contributed by atoms with Gasteiger partial charge in [0.1, 0.15) is 5.82 Å². The number of carbonyl (C=O) groups excluding carboxylic acids is 1. The van der Waals surface area contributed by atoms with Crippen molar-refractivity contribution >= 4 is 11.6 Å². The van der Waals surface area contributed by atoms with Gasteiger partial charge in [0.25, 0.3) is 5.91 Å². The van der Waals surface area contributed by atoms with Gasteiger partial charge in [-0.15, -0.1) is 5.10 Å². The van der Waals surface area contributed by atoms with E-state index in [0.717, 1.165) is 30.8 Å². The van der Waals surface area contributed by atoms with Crippen molar-refractivity contribution in [3.8, 4) is 0 Å². The average molecular weight is 272 g/mol. The van der Waals surface area contributed by atoms with E-state index in [-0.39, 0.29) is 11.7 Å². The molecule has 2 rings (SSSR count). The van der Waals surface area contributed by atoms with Gasteiger partial charge in [0, 0.05) is 19.2 Å². The van der Waals surface area contributed by atoms with Crippen molar-refractivity contribution in [3.63, 3.8) is 0 Å². The number of aryl methyl sites for hydroxylation is 2. The molecule has 1 heterocycles. The van der Waals surface area contributed by atoms with Crippen LogP contribution in [0.4, 0.5) is 5.69 Å². The van der Waals surface area contributed by atoms with E-state index < -0.39 is 0 Å². The van der Waals surface area contributed by atoms with Crippen LogP contribution in [0.3, 0.4) is 0 Å². The largest absolute Gasteiger partial charge is 0.309 e. The van der Waals surface area contributed by atoms with Crippen LogP contribution in [-0.4, -0.2) is 28.1 Å². The van der Waals surface area contributed by atoms with Crippen molar-refractivity contribution in [1.82, 2.24) is 15.2 Å². The highest BCUT2D eigenvalue weighted by Crippen LogP contribution is 2.15. The van der Waals surface area contributed by atoms with Gasteiger partial charge in [0.05, 0.1) is 0 Å². The Kier molecular flexibility index (Phi) is 4.50. The Morgan fingerprint density at radius 1 is 1.25 bits per heavy atom. The summed E-state index contributed by atoms with van der Waals surface area (Å²) in [6.07, 6.45) is 2.76. The van der Waals surface area contributed by atoms with Crippen molar-refractivity contribution < 1.29 is 4.79 Å². The van der Waals surface area contributed by atoms with Crippen LogP contribution >= 0.6 is 0 Å². The minimum absolute atomic E-state index is 0.201. The van der Waals surface area contributed by atoms with Gasteiger partial charge in [-0.1, -0.05) is 26.0 Å². The molecule has 5 heteroatoms. The maximum atomic E-state index is 12.3. The minimum Gasteiger partial charge on any atom is -0.309 e. The Morgan fingerprint density at radius 3 is 2.55 bits per heavy atom. The Bertz CT molecular complexity index is 574. The fraction of sp³-hybridized carbons (Fsp3) is 0.400. The maximum absolute atomic E-state index is 12.3. The molecule has 0 saturated carbocycles. The molecule has 1 aromatic heterocycles. The standard InChI is InChI=1S/C15H20N4O/c1-4-6-13-16-14(18-17-13)15(20)19(3)12-9-7-11(5-2)8-10-12/h7-10H,4-6H2,1-3H3,(H,16,17,18). The van der Waals surface area contributed by atoms with E-state index in [0.29, 0.717) is 0 Å². The molecule has 0 aliphatic rings. The van der Waals surface area contributed by atoms with E-state index >= 15 is 0 Å². The highest BCUT2D eigenvalue weighted by Gasteiger charge is 2.18. The zero-order chi connectivity index (χ0) is 14.5. The maximum Gasteiger partial charge on any atom is 0.297 e. The molecule has 0 atom stereocenters. The van der Waals surface area contributed by atoms with E-state index in [9.17, 15) is 4.79 Å². The molecule has 1 amide bonds. The van der Waals surface area contributed by atoms with Gasteiger partial charge in [-0.2, -0.15) is 0 Å². The Labute approximate surface area is 119 Å². The summed E-state index contributed by atoms with van der Waals surface area (Å²) in [6.45, 7) is 4.16. The zero-order valence-electron chi connectivity index (χ0n) is 12.2. The van der Waals surface area contributed by atoms with E-state index in [1.807, 2.05) is 24.3 Å². The number of hydrogen-bond donors (Lipinski definition) is 1. The molecule has 0 aliphatic heterocycles. The summed E-state index contributed by atoms with van der Waals surface area (Å²) in [7, 11) is 1.74. The number of benzene rings is 1. The first kappa shape index (κ1) is 14.2. The summed E-state index contributed by atoms with van der Waals surface area (Å²) in [5.74, 6) is 0.772. The van der Waals surface area contributed by atoms with Crippen LogP contribution in [0.5, 0.6) is 0 Å². The SMILES string of the molecule is CCCc1nc(C(=O)N(C)c2ccc(CC)cc2)n[nH]1. The molecule has 106 valence electrons. The van der Waals surface area contributed by atoms with Gasteiger partial charge in [0.15, 0.2) is 0 Å².